The summed E-state index contributed by atoms with van der Waals surface area (Å²) in [6, 6.07) is 0.803. The van der Waals surface area contributed by atoms with Gasteiger partial charge in [0.25, 0.3) is 0 Å². The minimum absolute atomic E-state index is 0.803. The average molecular weight is 308 g/mol. The molecule has 2 unspecified atom stereocenters. The van der Waals surface area contributed by atoms with Crippen LogP contribution in [0.3, 0.4) is 0 Å². The number of nitrogens with one attached hydrogen (secondary N) is 1. The van der Waals surface area contributed by atoms with Crippen LogP contribution in [0, 0.1) is 5.92 Å². The van der Waals surface area contributed by atoms with Crippen LogP contribution in [0.5, 0.6) is 0 Å². The van der Waals surface area contributed by atoms with Crippen molar-refractivity contribution in [3.05, 3.63) is 10.6 Å². The number of aryl methyl sites for hydroxylation is 1. The van der Waals surface area contributed by atoms with Gasteiger partial charge in [0.1, 0.15) is 0 Å². The van der Waals surface area contributed by atoms with E-state index in [1.165, 1.54) is 54.6 Å². The lowest BCUT2D eigenvalue weighted by Crippen LogP contribution is -2.52. The minimum atomic E-state index is 0.803. The van der Waals surface area contributed by atoms with Crippen LogP contribution in [0.15, 0.2) is 0 Å². The fourth-order valence-electron chi connectivity index (χ4n) is 3.91. The van der Waals surface area contributed by atoms with Crippen LogP contribution in [0.1, 0.15) is 36.8 Å². The van der Waals surface area contributed by atoms with Crippen molar-refractivity contribution >= 4 is 16.5 Å². The highest BCUT2D eigenvalue weighted by atomic mass is 32.1. The SMILES string of the molecule is CCc1nc(N2CCC3C(CCCN3C)C2)sc1CNC. The first-order valence-electron chi connectivity index (χ1n) is 8.31. The van der Waals surface area contributed by atoms with Crippen LogP contribution < -0.4 is 10.2 Å². The van der Waals surface area contributed by atoms with Crippen molar-refractivity contribution in [3.8, 4) is 0 Å². The van der Waals surface area contributed by atoms with Gasteiger partial charge in [0.2, 0.25) is 0 Å². The van der Waals surface area contributed by atoms with E-state index < -0.39 is 0 Å². The highest BCUT2D eigenvalue weighted by Gasteiger charge is 2.35. The number of rotatable bonds is 4. The fraction of sp³-hybridized carbons (Fsp3) is 0.812. The Morgan fingerprint density at radius 1 is 1.33 bits per heavy atom. The standard InChI is InChI=1S/C16H28N4S/c1-4-13-15(10-17-2)21-16(18-13)20-9-7-14-12(11-20)6-5-8-19(14)3/h12,14,17H,4-11H2,1-3H3. The number of thiazole rings is 1. The van der Waals surface area contributed by atoms with Gasteiger partial charge in [0.05, 0.1) is 5.69 Å². The molecule has 0 amide bonds. The number of likely N-dealkylation sites (tertiary alicyclic amines) is 1. The van der Waals surface area contributed by atoms with Gasteiger partial charge >= 0.3 is 0 Å². The van der Waals surface area contributed by atoms with Crippen molar-refractivity contribution in [3.63, 3.8) is 0 Å². The zero-order chi connectivity index (χ0) is 14.8. The molecule has 118 valence electrons. The van der Waals surface area contributed by atoms with Crippen molar-refractivity contribution in [1.82, 2.24) is 15.2 Å². The molecule has 0 radical (unpaired) electrons. The molecule has 21 heavy (non-hydrogen) atoms. The third-order valence-corrected chi connectivity index (χ3v) is 6.21. The third kappa shape index (κ3) is 3.10. The average Bonchev–Trinajstić information content (AvgIpc) is 2.91. The molecule has 0 bridgehead atoms. The largest absolute Gasteiger partial charge is 0.348 e. The molecule has 3 rings (SSSR count). The predicted molar refractivity (Wildman–Crippen MR) is 90.2 cm³/mol. The smallest absolute Gasteiger partial charge is 0.185 e. The van der Waals surface area contributed by atoms with Crippen molar-refractivity contribution in [1.29, 1.82) is 0 Å². The Balaban J connectivity index is 1.73. The molecule has 2 atom stereocenters. The fourth-order valence-corrected chi connectivity index (χ4v) is 5.10. The zero-order valence-electron chi connectivity index (χ0n) is 13.6. The van der Waals surface area contributed by atoms with Gasteiger partial charge in [-0.1, -0.05) is 6.92 Å². The van der Waals surface area contributed by atoms with Crippen LogP contribution >= 0.6 is 11.3 Å². The highest BCUT2D eigenvalue weighted by molar-refractivity contribution is 7.15. The molecular formula is C16H28N4S. The number of nitrogens with zero attached hydrogens (tertiary/aromatic N) is 3. The Hall–Kier alpha value is -0.650. The van der Waals surface area contributed by atoms with Crippen molar-refractivity contribution < 1.29 is 0 Å². The summed E-state index contributed by atoms with van der Waals surface area (Å²) in [7, 11) is 4.32. The van der Waals surface area contributed by atoms with Gasteiger partial charge in [-0.15, -0.1) is 11.3 Å². The van der Waals surface area contributed by atoms with Crippen LogP contribution in [-0.2, 0) is 13.0 Å². The summed E-state index contributed by atoms with van der Waals surface area (Å²) < 4.78 is 0. The van der Waals surface area contributed by atoms with Crippen molar-refractivity contribution in [2.45, 2.75) is 45.2 Å². The first-order chi connectivity index (χ1) is 10.2. The Morgan fingerprint density at radius 3 is 2.95 bits per heavy atom. The second-order valence-corrected chi connectivity index (χ2v) is 7.50. The lowest BCUT2D eigenvalue weighted by molar-refractivity contribution is 0.102. The van der Waals surface area contributed by atoms with Crippen molar-refractivity contribution in [2.75, 3.05) is 38.6 Å². The maximum Gasteiger partial charge on any atom is 0.185 e. The number of anilines is 1. The Bertz CT molecular complexity index is 473. The molecule has 0 aromatic carbocycles. The molecule has 0 spiro atoms. The van der Waals surface area contributed by atoms with E-state index >= 15 is 0 Å². The summed E-state index contributed by atoms with van der Waals surface area (Å²) in [6.07, 6.45) is 5.08. The summed E-state index contributed by atoms with van der Waals surface area (Å²) in [5.41, 5.74) is 1.28. The summed E-state index contributed by atoms with van der Waals surface area (Å²) in [6.45, 7) is 6.81. The van der Waals surface area contributed by atoms with E-state index in [1.54, 1.807) is 0 Å². The monoisotopic (exact) mass is 308 g/mol. The van der Waals surface area contributed by atoms with E-state index in [-0.39, 0.29) is 0 Å². The Morgan fingerprint density at radius 2 is 2.19 bits per heavy atom. The van der Waals surface area contributed by atoms with E-state index in [1.807, 2.05) is 18.4 Å². The maximum absolute atomic E-state index is 4.92. The van der Waals surface area contributed by atoms with E-state index in [4.69, 9.17) is 4.98 Å². The van der Waals surface area contributed by atoms with Crippen molar-refractivity contribution in [2.24, 2.45) is 5.92 Å². The first kappa shape index (κ1) is 15.3. The second-order valence-electron chi connectivity index (χ2n) is 6.44. The molecule has 4 nitrogen and oxygen atoms in total. The topological polar surface area (TPSA) is 31.4 Å². The molecule has 5 heteroatoms. The second kappa shape index (κ2) is 6.63. The van der Waals surface area contributed by atoms with Gasteiger partial charge in [-0.3, -0.25) is 0 Å². The maximum atomic E-state index is 4.92. The van der Waals surface area contributed by atoms with Crippen LogP contribution in [-0.4, -0.2) is 49.7 Å². The highest BCUT2D eigenvalue weighted by Crippen LogP contribution is 2.34. The van der Waals surface area contributed by atoms with Crippen LogP contribution in [0.2, 0.25) is 0 Å². The molecule has 1 N–H and O–H groups in total. The molecule has 2 aliphatic rings. The number of piperidine rings is 2. The number of aromatic nitrogens is 1. The van der Waals surface area contributed by atoms with Gasteiger partial charge < -0.3 is 15.1 Å². The van der Waals surface area contributed by atoms with Gasteiger partial charge in [-0.25, -0.2) is 4.98 Å². The van der Waals surface area contributed by atoms with E-state index in [2.05, 4.69) is 29.1 Å². The molecule has 0 saturated carbocycles. The molecule has 2 fully saturated rings. The molecule has 1 aromatic rings. The quantitative estimate of drug-likeness (QED) is 0.925. The summed E-state index contributed by atoms with van der Waals surface area (Å²) in [5, 5.41) is 4.52. The molecule has 2 aliphatic heterocycles. The summed E-state index contributed by atoms with van der Waals surface area (Å²) in [4.78, 5) is 11.5. The summed E-state index contributed by atoms with van der Waals surface area (Å²) >= 11 is 1.89. The number of hydrogen-bond donors (Lipinski definition) is 1. The lowest BCUT2D eigenvalue weighted by Gasteiger charge is -2.45. The van der Waals surface area contributed by atoms with E-state index in [0.717, 1.165) is 24.9 Å². The molecule has 2 saturated heterocycles. The zero-order valence-corrected chi connectivity index (χ0v) is 14.4. The predicted octanol–water partition coefficient (Wildman–Crippen LogP) is 2.35. The normalized spacial score (nSPS) is 26.9. The molecule has 0 aliphatic carbocycles. The van der Waals surface area contributed by atoms with Crippen LogP contribution in [0.4, 0.5) is 5.13 Å². The van der Waals surface area contributed by atoms with Gasteiger partial charge in [-0.2, -0.15) is 0 Å². The van der Waals surface area contributed by atoms with E-state index in [0.29, 0.717) is 0 Å². The Labute approximate surface area is 132 Å². The number of hydrogen-bond acceptors (Lipinski definition) is 5. The Kier molecular flexibility index (Phi) is 4.82. The first-order valence-corrected chi connectivity index (χ1v) is 9.13. The van der Waals surface area contributed by atoms with E-state index in [9.17, 15) is 0 Å². The van der Waals surface area contributed by atoms with Crippen LogP contribution in [0.25, 0.3) is 0 Å². The van der Waals surface area contributed by atoms with Gasteiger partial charge in [0, 0.05) is 30.6 Å². The minimum Gasteiger partial charge on any atom is -0.348 e. The lowest BCUT2D eigenvalue weighted by atomic mass is 9.84. The van der Waals surface area contributed by atoms with Gasteiger partial charge in [0.15, 0.2) is 5.13 Å². The number of fused-ring (bicyclic) bond motifs is 1. The molecule has 3 heterocycles. The summed E-state index contributed by atoms with van der Waals surface area (Å²) in [5.74, 6) is 0.833. The molecule has 1 aromatic heterocycles. The van der Waals surface area contributed by atoms with Gasteiger partial charge in [-0.05, 0) is 52.2 Å². The molecular weight excluding hydrogens is 280 g/mol. The third-order valence-electron chi connectivity index (χ3n) is 5.06.